The van der Waals surface area contributed by atoms with Gasteiger partial charge in [0.15, 0.2) is 0 Å². The molecule has 0 aliphatic carbocycles. The summed E-state index contributed by atoms with van der Waals surface area (Å²) < 4.78 is 27.6. The average Bonchev–Trinajstić information content (AvgIpc) is 2.88. The summed E-state index contributed by atoms with van der Waals surface area (Å²) in [4.78, 5) is 14.5. The molecule has 0 fully saturated rings. The summed E-state index contributed by atoms with van der Waals surface area (Å²) in [7, 11) is 1.09. The zero-order valence-corrected chi connectivity index (χ0v) is 16.9. The first-order chi connectivity index (χ1) is 12.1. The molecule has 0 aliphatic heterocycles. The van der Waals surface area contributed by atoms with E-state index in [1.807, 2.05) is 37.3 Å². The number of aryl methyl sites for hydroxylation is 1. The van der Waals surface area contributed by atoms with Gasteiger partial charge < -0.3 is 4.90 Å². The van der Waals surface area contributed by atoms with Gasteiger partial charge in [-0.3, -0.25) is 9.48 Å². The first kappa shape index (κ1) is 20.1. The molecule has 0 saturated carbocycles. The third-order valence-corrected chi connectivity index (χ3v) is 6.66. The van der Waals surface area contributed by atoms with Crippen LogP contribution in [0.5, 0.6) is 0 Å². The van der Waals surface area contributed by atoms with E-state index in [1.165, 1.54) is 18.8 Å². The quantitative estimate of drug-likeness (QED) is 0.770. The molecule has 8 heteroatoms. The van der Waals surface area contributed by atoms with Gasteiger partial charge in [-0.15, -0.1) is 0 Å². The standard InChI is InChI=1S/C18H26N4O3S/c1-13-18(26(24,25)20(4)5)15(3)22(19-13)12-17(23)21(6)14(2)16-10-8-7-9-11-16/h7-11,14H,12H2,1-6H3. The maximum absolute atomic E-state index is 12.7. The molecule has 0 radical (unpaired) electrons. The summed E-state index contributed by atoms with van der Waals surface area (Å²) in [6.07, 6.45) is 0. The number of nitrogens with zero attached hydrogens (tertiary/aromatic N) is 4. The van der Waals surface area contributed by atoms with Gasteiger partial charge in [0.05, 0.1) is 17.4 Å². The van der Waals surface area contributed by atoms with Crippen LogP contribution in [0.25, 0.3) is 0 Å². The van der Waals surface area contributed by atoms with E-state index in [9.17, 15) is 13.2 Å². The lowest BCUT2D eigenvalue weighted by molar-refractivity contribution is -0.132. The van der Waals surface area contributed by atoms with E-state index in [0.29, 0.717) is 11.4 Å². The van der Waals surface area contributed by atoms with Crippen LogP contribution in [0.1, 0.15) is 29.9 Å². The monoisotopic (exact) mass is 378 g/mol. The number of amides is 1. The molecule has 0 N–H and O–H groups in total. The lowest BCUT2D eigenvalue weighted by Crippen LogP contribution is -2.33. The number of benzene rings is 1. The van der Waals surface area contributed by atoms with Gasteiger partial charge in [0.2, 0.25) is 15.9 Å². The summed E-state index contributed by atoms with van der Waals surface area (Å²) in [6.45, 7) is 5.25. The largest absolute Gasteiger partial charge is 0.337 e. The maximum atomic E-state index is 12.7. The normalized spacial score (nSPS) is 13.0. The van der Waals surface area contributed by atoms with Gasteiger partial charge in [-0.1, -0.05) is 30.3 Å². The smallest absolute Gasteiger partial charge is 0.246 e. The predicted octanol–water partition coefficient (Wildman–Crippen LogP) is 1.97. The highest BCUT2D eigenvalue weighted by Crippen LogP contribution is 2.23. The zero-order valence-electron chi connectivity index (χ0n) is 16.1. The number of aromatic nitrogens is 2. The van der Waals surface area contributed by atoms with Crippen LogP contribution in [0.2, 0.25) is 0 Å². The lowest BCUT2D eigenvalue weighted by atomic mass is 10.1. The molecule has 0 saturated heterocycles. The van der Waals surface area contributed by atoms with Crippen molar-refractivity contribution in [2.75, 3.05) is 21.1 Å². The Hall–Kier alpha value is -2.19. The third-order valence-electron chi connectivity index (χ3n) is 4.60. The third kappa shape index (κ3) is 3.81. The van der Waals surface area contributed by atoms with E-state index in [0.717, 1.165) is 9.87 Å². The minimum absolute atomic E-state index is 0.0106. The number of hydrogen-bond acceptors (Lipinski definition) is 4. The topological polar surface area (TPSA) is 75.5 Å². The summed E-state index contributed by atoms with van der Waals surface area (Å²) in [5.74, 6) is -0.138. The van der Waals surface area contributed by atoms with Crippen molar-refractivity contribution in [2.24, 2.45) is 0 Å². The van der Waals surface area contributed by atoms with Crippen LogP contribution < -0.4 is 0 Å². The molecule has 1 aromatic carbocycles. The van der Waals surface area contributed by atoms with E-state index in [-0.39, 0.29) is 23.4 Å². The Morgan fingerprint density at radius 2 is 1.73 bits per heavy atom. The predicted molar refractivity (Wildman–Crippen MR) is 100 cm³/mol. The Bertz CT molecular complexity index is 889. The minimum atomic E-state index is -3.61. The molecule has 2 rings (SSSR count). The SMILES string of the molecule is Cc1nn(CC(=O)N(C)C(C)c2ccccc2)c(C)c1S(=O)(=O)N(C)C. The molecule has 0 bridgehead atoms. The van der Waals surface area contributed by atoms with E-state index >= 15 is 0 Å². The second-order valence-electron chi connectivity index (χ2n) is 6.54. The van der Waals surface area contributed by atoms with Crippen LogP contribution in [0.15, 0.2) is 35.2 Å². The number of carbonyl (C=O) groups excluding carboxylic acids is 1. The molecule has 1 aromatic heterocycles. The Balaban J connectivity index is 2.25. The van der Waals surface area contributed by atoms with Crippen molar-refractivity contribution in [1.29, 1.82) is 0 Å². The second kappa shape index (κ2) is 7.59. The van der Waals surface area contributed by atoms with Gasteiger partial charge >= 0.3 is 0 Å². The maximum Gasteiger partial charge on any atom is 0.246 e. The molecule has 7 nitrogen and oxygen atoms in total. The number of rotatable bonds is 6. The van der Waals surface area contributed by atoms with Crippen LogP contribution in [0.3, 0.4) is 0 Å². The average molecular weight is 378 g/mol. The number of likely N-dealkylation sites (N-methyl/N-ethyl adjacent to an activating group) is 1. The van der Waals surface area contributed by atoms with E-state index in [4.69, 9.17) is 0 Å². The molecule has 26 heavy (non-hydrogen) atoms. The van der Waals surface area contributed by atoms with Crippen LogP contribution >= 0.6 is 0 Å². The van der Waals surface area contributed by atoms with Crippen LogP contribution in [-0.4, -0.2) is 54.5 Å². The van der Waals surface area contributed by atoms with Crippen molar-refractivity contribution in [3.8, 4) is 0 Å². The first-order valence-electron chi connectivity index (χ1n) is 8.34. The van der Waals surface area contributed by atoms with Crippen LogP contribution in [0.4, 0.5) is 0 Å². The van der Waals surface area contributed by atoms with Gasteiger partial charge in [0, 0.05) is 21.1 Å². The van der Waals surface area contributed by atoms with Crippen molar-refractivity contribution in [3.63, 3.8) is 0 Å². The molecule has 1 amide bonds. The Morgan fingerprint density at radius 3 is 2.27 bits per heavy atom. The summed E-state index contributed by atoms with van der Waals surface area (Å²) in [5, 5.41) is 4.28. The number of carbonyl (C=O) groups is 1. The molecular weight excluding hydrogens is 352 g/mol. The summed E-state index contributed by atoms with van der Waals surface area (Å²) in [5.41, 5.74) is 1.89. The molecule has 1 unspecified atom stereocenters. The lowest BCUT2D eigenvalue weighted by Gasteiger charge is -2.25. The van der Waals surface area contributed by atoms with Gasteiger partial charge in [-0.2, -0.15) is 5.10 Å². The highest BCUT2D eigenvalue weighted by atomic mass is 32.2. The van der Waals surface area contributed by atoms with Crippen LogP contribution in [-0.2, 0) is 21.4 Å². The molecule has 0 spiro atoms. The van der Waals surface area contributed by atoms with E-state index < -0.39 is 10.0 Å². The summed E-state index contributed by atoms with van der Waals surface area (Å²) >= 11 is 0. The Morgan fingerprint density at radius 1 is 1.15 bits per heavy atom. The van der Waals surface area contributed by atoms with Crippen molar-refractivity contribution < 1.29 is 13.2 Å². The molecule has 142 valence electrons. The molecule has 1 heterocycles. The van der Waals surface area contributed by atoms with E-state index in [2.05, 4.69) is 5.10 Å². The first-order valence-corrected chi connectivity index (χ1v) is 9.78. The zero-order chi connectivity index (χ0) is 19.6. The van der Waals surface area contributed by atoms with Gasteiger partial charge in [-0.25, -0.2) is 12.7 Å². The number of hydrogen-bond donors (Lipinski definition) is 0. The molecule has 2 aromatic rings. The van der Waals surface area contributed by atoms with Gasteiger partial charge in [0.1, 0.15) is 11.4 Å². The fourth-order valence-electron chi connectivity index (χ4n) is 2.80. The fraction of sp³-hybridized carbons (Fsp3) is 0.444. The molecule has 0 aliphatic rings. The molecule has 1 atom stereocenters. The summed E-state index contributed by atoms with van der Waals surface area (Å²) in [6, 6.07) is 9.65. The van der Waals surface area contributed by atoms with Gasteiger partial charge in [-0.05, 0) is 26.3 Å². The van der Waals surface area contributed by atoms with Gasteiger partial charge in [0.25, 0.3) is 0 Å². The molecular formula is C18H26N4O3S. The van der Waals surface area contributed by atoms with E-state index in [1.54, 1.807) is 25.8 Å². The van der Waals surface area contributed by atoms with Crippen molar-refractivity contribution in [2.45, 2.75) is 38.3 Å². The Kier molecular flexibility index (Phi) is 5.87. The van der Waals surface area contributed by atoms with Crippen molar-refractivity contribution >= 4 is 15.9 Å². The highest BCUT2D eigenvalue weighted by molar-refractivity contribution is 7.89. The van der Waals surface area contributed by atoms with Crippen molar-refractivity contribution in [3.05, 3.63) is 47.3 Å². The highest BCUT2D eigenvalue weighted by Gasteiger charge is 2.28. The number of sulfonamides is 1. The van der Waals surface area contributed by atoms with Crippen LogP contribution in [0, 0.1) is 13.8 Å². The van der Waals surface area contributed by atoms with Crippen molar-refractivity contribution in [1.82, 2.24) is 19.0 Å². The second-order valence-corrected chi connectivity index (χ2v) is 8.63. The minimum Gasteiger partial charge on any atom is -0.337 e. The fourth-order valence-corrected chi connectivity index (χ4v) is 4.06. The Labute approximate surface area is 155 Å².